The average Bonchev–Trinajstić information content (AvgIpc) is 2.91. The lowest BCUT2D eigenvalue weighted by Gasteiger charge is -2.32. The van der Waals surface area contributed by atoms with E-state index in [2.05, 4.69) is 5.32 Å². The molecular formula is C29H34FN3O5S. The van der Waals surface area contributed by atoms with E-state index in [0.29, 0.717) is 18.9 Å². The van der Waals surface area contributed by atoms with E-state index in [1.807, 2.05) is 38.1 Å². The fraction of sp³-hybridized carbons (Fsp3) is 0.310. The topological polar surface area (TPSA) is 96.0 Å². The van der Waals surface area contributed by atoms with E-state index >= 15 is 0 Å². The number of hydrogen-bond donors (Lipinski definition) is 1. The molecule has 10 heteroatoms. The van der Waals surface area contributed by atoms with Crippen LogP contribution in [0, 0.1) is 12.7 Å². The summed E-state index contributed by atoms with van der Waals surface area (Å²) in [6, 6.07) is 17.4. The summed E-state index contributed by atoms with van der Waals surface area (Å²) in [5.74, 6) is -0.974. The minimum Gasteiger partial charge on any atom is -0.494 e. The van der Waals surface area contributed by atoms with Gasteiger partial charge in [-0.2, -0.15) is 0 Å². The molecule has 0 saturated heterocycles. The zero-order valence-corrected chi connectivity index (χ0v) is 23.4. The standard InChI is InChI=1S/C29H34FN3O5S/c1-5-31-29(35)22(4)32(19-23-9-7-8-21(3)18-23)28(34)20-33(25-12-14-26(15-13-25)38-6-2)39(36,37)27-16-10-24(30)11-17-27/h7-18,22H,5-6,19-20H2,1-4H3,(H,31,35)/t22-/m1/s1. The molecule has 1 N–H and O–H groups in total. The van der Waals surface area contributed by atoms with Gasteiger partial charge in [0.05, 0.1) is 17.2 Å². The number of anilines is 1. The summed E-state index contributed by atoms with van der Waals surface area (Å²) in [5.41, 5.74) is 2.01. The van der Waals surface area contributed by atoms with Crippen LogP contribution < -0.4 is 14.4 Å². The molecule has 3 aromatic rings. The Labute approximate surface area is 229 Å². The lowest BCUT2D eigenvalue weighted by molar-refractivity contribution is -0.139. The first-order valence-corrected chi connectivity index (χ1v) is 14.1. The first-order chi connectivity index (χ1) is 18.6. The Morgan fingerprint density at radius 1 is 1.00 bits per heavy atom. The highest BCUT2D eigenvalue weighted by molar-refractivity contribution is 7.92. The van der Waals surface area contributed by atoms with Crippen molar-refractivity contribution in [1.29, 1.82) is 0 Å². The van der Waals surface area contributed by atoms with Crippen LogP contribution in [0.25, 0.3) is 0 Å². The average molecular weight is 556 g/mol. The maximum Gasteiger partial charge on any atom is 0.264 e. The van der Waals surface area contributed by atoms with Crippen LogP contribution in [0.3, 0.4) is 0 Å². The number of nitrogens with zero attached hydrogens (tertiary/aromatic N) is 2. The Balaban J connectivity index is 2.03. The molecule has 0 radical (unpaired) electrons. The van der Waals surface area contributed by atoms with E-state index in [0.717, 1.165) is 39.7 Å². The summed E-state index contributed by atoms with van der Waals surface area (Å²) < 4.78 is 47.5. The fourth-order valence-electron chi connectivity index (χ4n) is 4.05. The van der Waals surface area contributed by atoms with Crippen LogP contribution >= 0.6 is 0 Å². The van der Waals surface area contributed by atoms with Gasteiger partial charge >= 0.3 is 0 Å². The zero-order valence-electron chi connectivity index (χ0n) is 22.6. The second kappa shape index (κ2) is 13.2. The highest BCUT2D eigenvalue weighted by Gasteiger charge is 2.32. The molecule has 208 valence electrons. The Morgan fingerprint density at radius 3 is 2.26 bits per heavy atom. The summed E-state index contributed by atoms with van der Waals surface area (Å²) in [5, 5.41) is 2.73. The Bertz CT molecular complexity index is 1380. The molecule has 3 rings (SSSR count). The molecule has 0 fully saturated rings. The van der Waals surface area contributed by atoms with Gasteiger partial charge in [0.15, 0.2) is 0 Å². The molecule has 3 aromatic carbocycles. The Hall–Kier alpha value is -3.92. The van der Waals surface area contributed by atoms with Crippen molar-refractivity contribution < 1.29 is 27.1 Å². The number of carbonyl (C=O) groups is 2. The lowest BCUT2D eigenvalue weighted by atomic mass is 10.1. The summed E-state index contributed by atoms with van der Waals surface area (Å²) >= 11 is 0. The molecule has 0 aliphatic carbocycles. The Kier molecular flexibility index (Phi) is 10.1. The third-order valence-corrected chi connectivity index (χ3v) is 7.86. The highest BCUT2D eigenvalue weighted by atomic mass is 32.2. The number of carbonyl (C=O) groups excluding carboxylic acids is 2. The van der Waals surface area contributed by atoms with Crippen LogP contribution in [-0.2, 0) is 26.2 Å². The number of halogens is 1. The van der Waals surface area contributed by atoms with Crippen LogP contribution in [0.5, 0.6) is 5.75 Å². The molecule has 0 unspecified atom stereocenters. The quantitative estimate of drug-likeness (QED) is 0.360. The Morgan fingerprint density at radius 2 is 1.67 bits per heavy atom. The largest absolute Gasteiger partial charge is 0.494 e. The summed E-state index contributed by atoms with van der Waals surface area (Å²) in [4.78, 5) is 27.8. The van der Waals surface area contributed by atoms with E-state index in [-0.39, 0.29) is 23.0 Å². The smallest absolute Gasteiger partial charge is 0.264 e. The maximum atomic E-state index is 13.8. The molecule has 0 bridgehead atoms. The summed E-state index contributed by atoms with van der Waals surface area (Å²) in [7, 11) is -4.28. The third-order valence-electron chi connectivity index (χ3n) is 6.07. The molecule has 1 atom stereocenters. The van der Waals surface area contributed by atoms with Gasteiger partial charge in [-0.05, 0) is 81.8 Å². The van der Waals surface area contributed by atoms with Crippen molar-refractivity contribution in [2.75, 3.05) is 24.0 Å². The number of aryl methyl sites for hydroxylation is 1. The molecule has 0 aromatic heterocycles. The van der Waals surface area contributed by atoms with Crippen molar-refractivity contribution in [1.82, 2.24) is 10.2 Å². The molecule has 8 nitrogen and oxygen atoms in total. The van der Waals surface area contributed by atoms with E-state index in [1.54, 1.807) is 26.0 Å². The number of hydrogen-bond acceptors (Lipinski definition) is 5. The van der Waals surface area contributed by atoms with Gasteiger partial charge in [-0.1, -0.05) is 29.8 Å². The van der Waals surface area contributed by atoms with E-state index in [1.165, 1.54) is 17.0 Å². The van der Waals surface area contributed by atoms with Crippen molar-refractivity contribution >= 4 is 27.5 Å². The minimum atomic E-state index is -4.28. The first-order valence-electron chi connectivity index (χ1n) is 12.7. The number of nitrogens with one attached hydrogen (secondary N) is 1. The minimum absolute atomic E-state index is 0.104. The van der Waals surface area contributed by atoms with Gasteiger partial charge in [-0.3, -0.25) is 13.9 Å². The van der Waals surface area contributed by atoms with Crippen molar-refractivity contribution in [3.05, 3.63) is 89.7 Å². The molecule has 0 spiro atoms. The number of likely N-dealkylation sites (N-methyl/N-ethyl adjacent to an activating group) is 1. The fourth-order valence-corrected chi connectivity index (χ4v) is 5.46. The SMILES string of the molecule is CCNC(=O)[C@@H](C)N(Cc1cccc(C)c1)C(=O)CN(c1ccc(OCC)cc1)S(=O)(=O)c1ccc(F)cc1. The maximum absolute atomic E-state index is 13.8. The number of sulfonamides is 1. The van der Waals surface area contributed by atoms with Crippen LogP contribution in [0.1, 0.15) is 31.9 Å². The predicted molar refractivity (Wildman–Crippen MR) is 148 cm³/mol. The molecular weight excluding hydrogens is 521 g/mol. The second-order valence-electron chi connectivity index (χ2n) is 8.97. The molecule has 0 aliphatic rings. The molecule has 2 amide bonds. The van der Waals surface area contributed by atoms with E-state index in [9.17, 15) is 22.4 Å². The van der Waals surface area contributed by atoms with Crippen LogP contribution in [0.2, 0.25) is 0 Å². The monoisotopic (exact) mass is 555 g/mol. The molecule has 39 heavy (non-hydrogen) atoms. The predicted octanol–water partition coefficient (Wildman–Crippen LogP) is 4.28. The van der Waals surface area contributed by atoms with Crippen LogP contribution in [0.15, 0.2) is 77.7 Å². The number of amides is 2. The van der Waals surface area contributed by atoms with Gasteiger partial charge in [0, 0.05) is 13.1 Å². The van der Waals surface area contributed by atoms with E-state index in [4.69, 9.17) is 4.74 Å². The zero-order chi connectivity index (χ0) is 28.6. The van der Waals surface area contributed by atoms with Gasteiger partial charge in [-0.15, -0.1) is 0 Å². The van der Waals surface area contributed by atoms with Crippen molar-refractivity contribution in [2.45, 2.75) is 45.2 Å². The third kappa shape index (κ3) is 7.57. The van der Waals surface area contributed by atoms with Crippen molar-refractivity contribution in [3.63, 3.8) is 0 Å². The highest BCUT2D eigenvalue weighted by Crippen LogP contribution is 2.27. The van der Waals surface area contributed by atoms with Crippen LogP contribution in [0.4, 0.5) is 10.1 Å². The van der Waals surface area contributed by atoms with Gasteiger partial charge in [0.1, 0.15) is 24.2 Å². The number of ether oxygens (including phenoxy) is 1. The number of benzene rings is 3. The summed E-state index contributed by atoms with van der Waals surface area (Å²) in [6.07, 6.45) is 0. The lowest BCUT2D eigenvalue weighted by Crippen LogP contribution is -2.51. The first kappa shape index (κ1) is 29.6. The van der Waals surface area contributed by atoms with Gasteiger partial charge in [-0.25, -0.2) is 12.8 Å². The van der Waals surface area contributed by atoms with Crippen molar-refractivity contribution in [3.8, 4) is 5.75 Å². The van der Waals surface area contributed by atoms with Gasteiger partial charge < -0.3 is 15.0 Å². The molecule has 0 saturated carbocycles. The molecule has 0 heterocycles. The van der Waals surface area contributed by atoms with Crippen LogP contribution in [-0.4, -0.2) is 50.9 Å². The van der Waals surface area contributed by atoms with Gasteiger partial charge in [0.2, 0.25) is 11.8 Å². The van der Waals surface area contributed by atoms with Gasteiger partial charge in [0.25, 0.3) is 10.0 Å². The molecule has 0 aliphatic heterocycles. The second-order valence-corrected chi connectivity index (χ2v) is 10.8. The van der Waals surface area contributed by atoms with Crippen molar-refractivity contribution in [2.24, 2.45) is 0 Å². The summed E-state index contributed by atoms with van der Waals surface area (Å²) in [6.45, 7) is 7.47. The normalized spacial score (nSPS) is 11.9. The number of rotatable bonds is 12. The van der Waals surface area contributed by atoms with E-state index < -0.39 is 34.3 Å².